The van der Waals surface area contributed by atoms with Gasteiger partial charge >= 0.3 is 6.03 Å². The fraction of sp³-hybridized carbons (Fsp3) is 0.424. The zero-order valence-electron chi connectivity index (χ0n) is 25.5. The molecule has 0 aliphatic carbocycles. The molecule has 0 spiro atoms. The Morgan fingerprint density at radius 3 is 2.38 bits per heavy atom. The van der Waals surface area contributed by atoms with Gasteiger partial charge in [-0.3, -0.25) is 29.1 Å². The highest BCUT2D eigenvalue weighted by Crippen LogP contribution is 2.24. The van der Waals surface area contributed by atoms with Crippen LogP contribution in [0.2, 0.25) is 0 Å². The molecule has 4 heterocycles. The van der Waals surface area contributed by atoms with Gasteiger partial charge in [-0.15, -0.1) is 0 Å². The quantitative estimate of drug-likeness (QED) is 0.261. The number of carbonyl (C=O) groups excluding carboxylic acids is 5. The van der Waals surface area contributed by atoms with Crippen LogP contribution in [0.4, 0.5) is 10.5 Å². The number of urea groups is 1. The van der Waals surface area contributed by atoms with E-state index in [9.17, 15) is 24.0 Å². The minimum absolute atomic E-state index is 0.0194. The highest BCUT2D eigenvalue weighted by atomic mass is 16.2. The summed E-state index contributed by atoms with van der Waals surface area (Å²) in [5.41, 5.74) is 4.59. The van der Waals surface area contributed by atoms with E-state index < -0.39 is 0 Å². The van der Waals surface area contributed by atoms with Crippen molar-refractivity contribution in [2.24, 2.45) is 11.0 Å². The van der Waals surface area contributed by atoms with Gasteiger partial charge in [-0.2, -0.15) is 5.10 Å². The van der Waals surface area contributed by atoms with Crippen molar-refractivity contribution in [1.82, 2.24) is 25.1 Å². The number of fused-ring (bicyclic) bond motifs is 1. The SMILES string of the molecule is CC1CC(=O)N(CCCCNC(=O)CCCCCN2C(=O)C=CC2=O)N=C1c1ccc(NC(=O)N2Cc3ccncc3C2)cc1. The summed E-state index contributed by atoms with van der Waals surface area (Å²) in [6.07, 6.45) is 10.4. The third-order valence-electron chi connectivity index (χ3n) is 8.22. The lowest BCUT2D eigenvalue weighted by molar-refractivity contribution is -0.137. The summed E-state index contributed by atoms with van der Waals surface area (Å²) < 4.78 is 0. The maximum Gasteiger partial charge on any atom is 0.322 e. The van der Waals surface area contributed by atoms with Gasteiger partial charge in [-0.25, -0.2) is 9.80 Å². The van der Waals surface area contributed by atoms with Crippen molar-refractivity contribution in [3.63, 3.8) is 0 Å². The molecule has 3 aliphatic heterocycles. The highest BCUT2D eigenvalue weighted by Gasteiger charge is 2.28. The minimum atomic E-state index is -0.278. The topological polar surface area (TPSA) is 144 Å². The monoisotopic (exact) mass is 613 g/mol. The molecule has 1 atom stereocenters. The average molecular weight is 614 g/mol. The summed E-state index contributed by atoms with van der Waals surface area (Å²) in [6.45, 7) is 4.44. The number of amides is 6. The average Bonchev–Trinajstić information content (AvgIpc) is 3.61. The van der Waals surface area contributed by atoms with E-state index in [0.29, 0.717) is 70.5 Å². The molecule has 1 aromatic carbocycles. The van der Waals surface area contributed by atoms with Crippen LogP contribution in [-0.4, -0.2) is 74.8 Å². The van der Waals surface area contributed by atoms with Crippen molar-refractivity contribution < 1.29 is 24.0 Å². The van der Waals surface area contributed by atoms with Gasteiger partial charge in [0.05, 0.1) is 5.71 Å². The van der Waals surface area contributed by atoms with Gasteiger partial charge in [0.2, 0.25) is 11.8 Å². The molecule has 0 bridgehead atoms. The number of hydrazone groups is 1. The van der Waals surface area contributed by atoms with E-state index in [2.05, 4.69) is 20.7 Å². The van der Waals surface area contributed by atoms with Crippen LogP contribution < -0.4 is 10.6 Å². The lowest BCUT2D eigenvalue weighted by Crippen LogP contribution is -2.37. The van der Waals surface area contributed by atoms with Gasteiger partial charge in [-0.05, 0) is 60.6 Å². The van der Waals surface area contributed by atoms with E-state index in [1.807, 2.05) is 37.3 Å². The number of unbranched alkanes of at least 4 members (excludes halogenated alkanes) is 3. The number of pyridine rings is 1. The van der Waals surface area contributed by atoms with E-state index in [0.717, 1.165) is 35.2 Å². The van der Waals surface area contributed by atoms with Gasteiger partial charge < -0.3 is 15.5 Å². The highest BCUT2D eigenvalue weighted by molar-refractivity contribution is 6.12. The molecule has 6 amide bonds. The number of rotatable bonds is 13. The molecule has 1 aromatic heterocycles. The molecule has 236 valence electrons. The van der Waals surface area contributed by atoms with E-state index in [-0.39, 0.29) is 35.6 Å². The van der Waals surface area contributed by atoms with Gasteiger partial charge in [0.15, 0.2) is 0 Å². The molecule has 1 unspecified atom stereocenters. The van der Waals surface area contributed by atoms with Crippen LogP contribution in [-0.2, 0) is 32.3 Å². The Kier molecular flexibility index (Phi) is 10.3. The molecule has 2 aromatic rings. The number of hydrogen-bond acceptors (Lipinski definition) is 7. The molecule has 0 radical (unpaired) electrons. The first-order valence-corrected chi connectivity index (χ1v) is 15.6. The van der Waals surface area contributed by atoms with E-state index >= 15 is 0 Å². The number of imide groups is 1. The van der Waals surface area contributed by atoms with E-state index in [1.165, 1.54) is 22.1 Å². The Balaban J connectivity index is 1.01. The van der Waals surface area contributed by atoms with Crippen molar-refractivity contribution in [1.29, 1.82) is 0 Å². The van der Waals surface area contributed by atoms with Crippen molar-refractivity contribution in [3.8, 4) is 0 Å². The first kappa shape index (κ1) is 31.6. The second-order valence-corrected chi connectivity index (χ2v) is 11.6. The first-order valence-electron chi connectivity index (χ1n) is 15.6. The third-order valence-corrected chi connectivity index (χ3v) is 8.22. The second kappa shape index (κ2) is 14.7. The molecular formula is C33H39N7O5. The van der Waals surface area contributed by atoms with E-state index in [1.54, 1.807) is 17.3 Å². The molecule has 3 aliphatic rings. The number of nitrogens with zero attached hydrogens (tertiary/aromatic N) is 5. The Morgan fingerprint density at radius 2 is 1.62 bits per heavy atom. The van der Waals surface area contributed by atoms with Crippen LogP contribution >= 0.6 is 0 Å². The van der Waals surface area contributed by atoms with Gasteiger partial charge in [0.25, 0.3) is 11.8 Å². The molecule has 12 nitrogen and oxygen atoms in total. The summed E-state index contributed by atoms with van der Waals surface area (Å²) in [6, 6.07) is 9.30. The summed E-state index contributed by atoms with van der Waals surface area (Å²) in [5, 5.41) is 12.1. The lowest BCUT2D eigenvalue weighted by atomic mass is 9.93. The molecule has 2 N–H and O–H groups in total. The normalized spacial score (nSPS) is 17.5. The van der Waals surface area contributed by atoms with Crippen LogP contribution in [0.1, 0.15) is 68.6 Å². The maximum atomic E-state index is 12.8. The lowest BCUT2D eigenvalue weighted by Gasteiger charge is -2.28. The Labute approximate surface area is 262 Å². The van der Waals surface area contributed by atoms with Crippen LogP contribution in [0.5, 0.6) is 0 Å². The van der Waals surface area contributed by atoms with Crippen LogP contribution in [0.25, 0.3) is 0 Å². The number of nitrogens with one attached hydrogen (secondary N) is 2. The predicted molar refractivity (Wildman–Crippen MR) is 168 cm³/mol. The summed E-state index contributed by atoms with van der Waals surface area (Å²) in [7, 11) is 0. The number of carbonyl (C=O) groups is 5. The molecule has 12 heteroatoms. The van der Waals surface area contributed by atoms with Gasteiger partial charge in [0, 0.05) is 81.7 Å². The van der Waals surface area contributed by atoms with Crippen LogP contribution in [0.15, 0.2) is 60.0 Å². The molecular weight excluding hydrogens is 574 g/mol. The van der Waals surface area contributed by atoms with Crippen molar-refractivity contribution in [2.45, 2.75) is 65.0 Å². The summed E-state index contributed by atoms with van der Waals surface area (Å²) in [5.74, 6) is -0.636. The Hall–Kier alpha value is -4.87. The van der Waals surface area contributed by atoms with Crippen molar-refractivity contribution in [3.05, 3.63) is 71.6 Å². The number of aromatic nitrogens is 1. The molecule has 0 saturated carbocycles. The standard InChI is InChI=1S/C33H39N7O5/c1-23-19-31(44)40(18-6-4-15-35-28(41)7-3-2-5-17-39-29(42)12-13-30(39)43)37-32(23)24-8-10-27(11-9-24)36-33(45)38-21-25-14-16-34-20-26(25)22-38/h8-14,16,20,23H,2-7,15,17-19,21-22H2,1H3,(H,35,41)(H,36,45). The van der Waals surface area contributed by atoms with E-state index in [4.69, 9.17) is 0 Å². The largest absolute Gasteiger partial charge is 0.356 e. The number of anilines is 1. The smallest absolute Gasteiger partial charge is 0.322 e. The molecule has 45 heavy (non-hydrogen) atoms. The Morgan fingerprint density at radius 1 is 0.889 bits per heavy atom. The molecule has 0 saturated heterocycles. The zero-order valence-corrected chi connectivity index (χ0v) is 25.5. The fourth-order valence-corrected chi connectivity index (χ4v) is 5.64. The van der Waals surface area contributed by atoms with Crippen LogP contribution in [0.3, 0.4) is 0 Å². The fourth-order valence-electron chi connectivity index (χ4n) is 5.64. The zero-order chi connectivity index (χ0) is 31.8. The summed E-state index contributed by atoms with van der Waals surface area (Å²) in [4.78, 5) is 67.8. The predicted octanol–water partition coefficient (Wildman–Crippen LogP) is 3.58. The van der Waals surface area contributed by atoms with Crippen molar-refractivity contribution in [2.75, 3.05) is 25.0 Å². The second-order valence-electron chi connectivity index (χ2n) is 11.6. The number of hydrogen-bond donors (Lipinski definition) is 2. The first-order chi connectivity index (χ1) is 21.8. The van der Waals surface area contributed by atoms with Crippen molar-refractivity contribution >= 4 is 41.1 Å². The maximum absolute atomic E-state index is 12.8. The van der Waals surface area contributed by atoms with Crippen LogP contribution in [0, 0.1) is 5.92 Å². The molecule has 5 rings (SSSR count). The third kappa shape index (κ3) is 8.20. The molecule has 0 fully saturated rings. The Bertz CT molecular complexity index is 1460. The van der Waals surface area contributed by atoms with Gasteiger partial charge in [0.1, 0.15) is 0 Å². The minimum Gasteiger partial charge on any atom is -0.356 e. The number of benzene rings is 1. The summed E-state index contributed by atoms with van der Waals surface area (Å²) >= 11 is 0. The van der Waals surface area contributed by atoms with Gasteiger partial charge in [-0.1, -0.05) is 25.5 Å².